The van der Waals surface area contributed by atoms with Crippen molar-refractivity contribution in [2.24, 2.45) is 5.73 Å². The van der Waals surface area contributed by atoms with E-state index in [2.05, 4.69) is 61.1 Å². The van der Waals surface area contributed by atoms with Gasteiger partial charge in [0.2, 0.25) is 0 Å². The molecule has 4 nitrogen and oxygen atoms in total. The molecule has 0 unspecified atom stereocenters. The van der Waals surface area contributed by atoms with E-state index in [1.165, 1.54) is 33.3 Å². The minimum absolute atomic E-state index is 0.107. The number of aryl methyl sites for hydroxylation is 1. The summed E-state index contributed by atoms with van der Waals surface area (Å²) in [5.74, 6) is 0.831. The third-order valence-electron chi connectivity index (χ3n) is 5.95. The summed E-state index contributed by atoms with van der Waals surface area (Å²) < 4.78 is 5.85. The van der Waals surface area contributed by atoms with Crippen molar-refractivity contribution < 1.29 is 4.74 Å². The van der Waals surface area contributed by atoms with Gasteiger partial charge in [-0.3, -0.25) is 4.98 Å². The largest absolute Gasteiger partial charge is 0.492 e. The van der Waals surface area contributed by atoms with Crippen molar-refractivity contribution in [3.05, 3.63) is 59.8 Å². The molecule has 4 aromatic rings. The van der Waals surface area contributed by atoms with E-state index in [1.54, 1.807) is 0 Å². The smallest absolute Gasteiger partial charge is 0.145 e. The molecule has 0 radical (unpaired) electrons. The molecule has 0 saturated heterocycles. The zero-order valence-electron chi connectivity index (χ0n) is 19.1. The summed E-state index contributed by atoms with van der Waals surface area (Å²) in [5.41, 5.74) is 13.1. The van der Waals surface area contributed by atoms with Crippen molar-refractivity contribution in [1.82, 2.24) is 9.97 Å². The third kappa shape index (κ3) is 4.17. The molecule has 162 valence electrons. The molecule has 2 heterocycles. The Labute approximate surface area is 184 Å². The lowest BCUT2D eigenvalue weighted by Gasteiger charge is -2.19. The average molecular weight is 416 g/mol. The fourth-order valence-corrected chi connectivity index (χ4v) is 4.29. The quantitative estimate of drug-likeness (QED) is 0.345. The summed E-state index contributed by atoms with van der Waals surface area (Å²) in [7, 11) is 0. The number of ether oxygens (including phenoxy) is 1. The number of benzene rings is 2. The highest BCUT2D eigenvalue weighted by Gasteiger charge is 2.20. The number of H-pyrrole nitrogens is 1. The van der Waals surface area contributed by atoms with Crippen LogP contribution >= 0.6 is 0 Å². The number of rotatable bonds is 7. The highest BCUT2D eigenvalue weighted by atomic mass is 16.5. The Hall–Kier alpha value is -2.85. The van der Waals surface area contributed by atoms with Crippen LogP contribution in [0, 0.1) is 0 Å². The zero-order chi connectivity index (χ0) is 22.0. The van der Waals surface area contributed by atoms with E-state index >= 15 is 0 Å². The first-order chi connectivity index (χ1) is 14.9. The molecular formula is C27H33N3O. The lowest BCUT2D eigenvalue weighted by molar-refractivity contribution is 0.343. The van der Waals surface area contributed by atoms with Gasteiger partial charge in [-0.25, -0.2) is 0 Å². The number of hydrogen-bond donors (Lipinski definition) is 2. The summed E-state index contributed by atoms with van der Waals surface area (Å²) >= 11 is 0. The van der Waals surface area contributed by atoms with E-state index in [9.17, 15) is 0 Å². The molecular weight excluding hydrogens is 382 g/mol. The Bertz CT molecular complexity index is 1200. The molecule has 0 amide bonds. The van der Waals surface area contributed by atoms with E-state index in [1.807, 2.05) is 25.3 Å². The highest BCUT2D eigenvalue weighted by Crippen LogP contribution is 2.39. The number of nitrogens with two attached hydrogens (primary N) is 1. The molecule has 4 heteroatoms. The molecule has 4 rings (SSSR count). The van der Waals surface area contributed by atoms with Gasteiger partial charge in [0.25, 0.3) is 0 Å². The molecule has 0 saturated carbocycles. The zero-order valence-corrected chi connectivity index (χ0v) is 19.1. The van der Waals surface area contributed by atoms with Crippen LogP contribution in [0.15, 0.2) is 48.7 Å². The normalized spacial score (nSPS) is 12.0. The molecule has 2 aromatic heterocycles. The van der Waals surface area contributed by atoms with Crippen LogP contribution in [0.2, 0.25) is 0 Å². The summed E-state index contributed by atoms with van der Waals surface area (Å²) in [6.45, 7) is 10.1. The van der Waals surface area contributed by atoms with Gasteiger partial charge in [0.1, 0.15) is 11.3 Å². The van der Waals surface area contributed by atoms with Gasteiger partial charge in [-0.15, -0.1) is 0 Å². The lowest BCUT2D eigenvalue weighted by Crippen LogP contribution is -2.10. The van der Waals surface area contributed by atoms with Crippen LogP contribution in [0.5, 0.6) is 5.75 Å². The van der Waals surface area contributed by atoms with Crippen molar-refractivity contribution in [3.63, 3.8) is 0 Å². The van der Waals surface area contributed by atoms with Gasteiger partial charge in [0.05, 0.1) is 12.3 Å². The van der Waals surface area contributed by atoms with E-state index in [0.717, 1.165) is 42.5 Å². The first-order valence-electron chi connectivity index (χ1n) is 11.3. The molecule has 0 bridgehead atoms. The van der Waals surface area contributed by atoms with E-state index in [4.69, 9.17) is 10.5 Å². The second-order valence-corrected chi connectivity index (χ2v) is 9.18. The summed E-state index contributed by atoms with van der Waals surface area (Å²) in [4.78, 5) is 8.37. The molecule has 0 aliphatic heterocycles. The number of fused-ring (bicyclic) bond motifs is 2. The van der Waals surface area contributed by atoms with Crippen molar-refractivity contribution in [3.8, 4) is 17.0 Å². The maximum atomic E-state index is 5.85. The molecule has 0 aliphatic rings. The van der Waals surface area contributed by atoms with Crippen molar-refractivity contribution in [2.75, 3.05) is 13.2 Å². The van der Waals surface area contributed by atoms with Crippen LogP contribution in [0.1, 0.15) is 51.7 Å². The Balaban J connectivity index is 1.94. The number of aromatic nitrogens is 2. The predicted molar refractivity (Wildman–Crippen MR) is 131 cm³/mol. The number of hydrogen-bond acceptors (Lipinski definition) is 3. The van der Waals surface area contributed by atoms with Crippen LogP contribution in [-0.4, -0.2) is 23.1 Å². The van der Waals surface area contributed by atoms with Crippen LogP contribution in [0.4, 0.5) is 0 Å². The third-order valence-corrected chi connectivity index (χ3v) is 5.95. The molecule has 0 spiro atoms. The van der Waals surface area contributed by atoms with Gasteiger partial charge in [-0.05, 0) is 79.6 Å². The van der Waals surface area contributed by atoms with E-state index < -0.39 is 0 Å². The van der Waals surface area contributed by atoms with Crippen LogP contribution in [0.3, 0.4) is 0 Å². The Morgan fingerprint density at radius 1 is 1.03 bits per heavy atom. The van der Waals surface area contributed by atoms with Gasteiger partial charge in [0.15, 0.2) is 0 Å². The van der Waals surface area contributed by atoms with Crippen LogP contribution < -0.4 is 10.5 Å². The Morgan fingerprint density at radius 2 is 1.87 bits per heavy atom. The topological polar surface area (TPSA) is 63.9 Å². The Morgan fingerprint density at radius 3 is 2.61 bits per heavy atom. The number of unbranched alkanes of at least 4 members (excludes halogenated alkanes) is 1. The van der Waals surface area contributed by atoms with E-state index in [0.29, 0.717) is 6.61 Å². The molecule has 0 atom stereocenters. The molecule has 0 fully saturated rings. The number of aromatic amines is 1. The maximum absolute atomic E-state index is 5.85. The van der Waals surface area contributed by atoms with Gasteiger partial charge in [-0.2, -0.15) is 0 Å². The molecule has 3 N–H and O–H groups in total. The van der Waals surface area contributed by atoms with Gasteiger partial charge >= 0.3 is 0 Å². The second kappa shape index (κ2) is 8.72. The first kappa shape index (κ1) is 21.4. The SMILES string of the molecule is CCOc1ccc(-c2[nH]c3ccc(C(C)(C)C)cc3c2CCCCN)c2cccnc12. The fraction of sp³-hybridized carbons (Fsp3) is 0.370. The van der Waals surface area contributed by atoms with Crippen molar-refractivity contribution >= 4 is 21.8 Å². The standard InChI is InChI=1S/C27H33N3O/c1-5-31-24-14-12-21(19-10-8-16-29-26(19)24)25-20(9-6-7-15-28)22-17-18(27(2,3)4)11-13-23(22)30-25/h8,10-14,16-17,30H,5-7,9,15,28H2,1-4H3. The van der Waals surface area contributed by atoms with Crippen LogP contribution in [0.25, 0.3) is 33.1 Å². The van der Waals surface area contributed by atoms with Crippen molar-refractivity contribution in [2.45, 2.75) is 52.4 Å². The maximum Gasteiger partial charge on any atom is 0.145 e. The highest BCUT2D eigenvalue weighted by molar-refractivity contribution is 6.01. The second-order valence-electron chi connectivity index (χ2n) is 9.18. The van der Waals surface area contributed by atoms with Gasteiger partial charge in [0, 0.05) is 28.0 Å². The minimum atomic E-state index is 0.107. The number of nitrogens with zero attached hydrogens (tertiary/aromatic N) is 1. The predicted octanol–water partition coefficient (Wildman–Crippen LogP) is 6.36. The Kier molecular flexibility index (Phi) is 6.01. The summed E-state index contributed by atoms with van der Waals surface area (Å²) in [5, 5.41) is 2.42. The fourth-order valence-electron chi connectivity index (χ4n) is 4.29. The van der Waals surface area contributed by atoms with Crippen molar-refractivity contribution in [1.29, 1.82) is 0 Å². The first-order valence-corrected chi connectivity index (χ1v) is 11.3. The van der Waals surface area contributed by atoms with E-state index in [-0.39, 0.29) is 5.41 Å². The lowest BCUT2D eigenvalue weighted by atomic mass is 9.86. The van der Waals surface area contributed by atoms with Gasteiger partial charge < -0.3 is 15.5 Å². The van der Waals surface area contributed by atoms with Crippen LogP contribution in [-0.2, 0) is 11.8 Å². The molecule has 31 heavy (non-hydrogen) atoms. The number of pyridine rings is 1. The average Bonchev–Trinajstić information content (AvgIpc) is 3.11. The minimum Gasteiger partial charge on any atom is -0.492 e. The number of nitrogens with one attached hydrogen (secondary N) is 1. The molecule has 2 aromatic carbocycles. The van der Waals surface area contributed by atoms with Gasteiger partial charge in [-0.1, -0.05) is 32.9 Å². The monoisotopic (exact) mass is 415 g/mol. The molecule has 0 aliphatic carbocycles. The summed E-state index contributed by atoms with van der Waals surface area (Å²) in [6, 6.07) is 15.2. The summed E-state index contributed by atoms with van der Waals surface area (Å²) in [6.07, 6.45) is 4.92.